The Balaban J connectivity index is 2.40. The molecule has 2 aromatic carbocycles. The fourth-order valence-corrected chi connectivity index (χ4v) is 1.93. The van der Waals surface area contributed by atoms with E-state index in [4.69, 9.17) is 23.2 Å². The summed E-state index contributed by atoms with van der Waals surface area (Å²) in [6, 6.07) is 10.3. The van der Waals surface area contributed by atoms with Gasteiger partial charge in [-0.1, -0.05) is 23.2 Å². The van der Waals surface area contributed by atoms with E-state index in [-0.39, 0.29) is 11.5 Å². The highest BCUT2D eigenvalue weighted by atomic mass is 35.5. The Labute approximate surface area is 108 Å². The summed E-state index contributed by atoms with van der Waals surface area (Å²) in [4.78, 5) is 12.1. The maximum Gasteiger partial charge on any atom is 0.194 e. The first-order chi connectivity index (χ1) is 8.08. The summed E-state index contributed by atoms with van der Waals surface area (Å²) in [5.41, 5.74) is 0.795. The highest BCUT2D eigenvalue weighted by molar-refractivity contribution is 6.37. The van der Waals surface area contributed by atoms with Gasteiger partial charge in [0.1, 0.15) is 0 Å². The molecule has 85 valence electrons. The Hall–Kier alpha value is -1.51. The van der Waals surface area contributed by atoms with Crippen LogP contribution in [-0.4, -0.2) is 5.78 Å². The van der Waals surface area contributed by atoms with Gasteiger partial charge in [0.05, 0.1) is 5.02 Å². The monoisotopic (exact) mass is 265 g/mol. The number of hydrogen-bond donors (Lipinski definition) is 0. The van der Waals surface area contributed by atoms with Gasteiger partial charge in [-0.2, -0.15) is 0 Å². The van der Waals surface area contributed by atoms with Gasteiger partial charge in [-0.05, 0) is 42.5 Å². The minimum absolute atomic E-state index is 0.135. The first-order valence-electron chi connectivity index (χ1n) is 4.85. The van der Waals surface area contributed by atoms with Crippen LogP contribution in [-0.2, 0) is 5.11 Å². The van der Waals surface area contributed by atoms with Gasteiger partial charge < -0.3 is 0 Å². The van der Waals surface area contributed by atoms with Crippen LogP contribution in [0.3, 0.4) is 0 Å². The Bertz CT molecular complexity index is 562. The quantitative estimate of drug-likeness (QED) is 0.743. The third-order valence-electron chi connectivity index (χ3n) is 2.29. The third-order valence-corrected chi connectivity index (χ3v) is 2.84. The molecule has 17 heavy (non-hydrogen) atoms. The minimum Gasteiger partial charge on any atom is -0.290 e. The molecule has 2 nitrogen and oxygen atoms in total. The van der Waals surface area contributed by atoms with Crippen LogP contribution in [0.1, 0.15) is 15.9 Å². The van der Waals surface area contributed by atoms with Gasteiger partial charge in [-0.25, -0.2) is 0 Å². The highest BCUT2D eigenvalue weighted by Crippen LogP contribution is 2.24. The van der Waals surface area contributed by atoms with Crippen molar-refractivity contribution in [2.24, 2.45) is 0 Å². The molecule has 0 spiro atoms. The third kappa shape index (κ3) is 2.60. The molecule has 0 aliphatic carbocycles. The smallest absolute Gasteiger partial charge is 0.194 e. The van der Waals surface area contributed by atoms with Gasteiger partial charge in [0, 0.05) is 16.1 Å². The standard InChI is InChI=1S/C13H7Cl2O2/c14-9-3-6-11(12(15)7-9)13(17)8-1-4-10(16)5-2-8/h1-7H. The predicted molar refractivity (Wildman–Crippen MR) is 66.5 cm³/mol. The normalized spacial score (nSPS) is 10.2. The summed E-state index contributed by atoms with van der Waals surface area (Å²) >= 11 is 11.7. The average molecular weight is 266 g/mol. The van der Waals surface area contributed by atoms with Crippen molar-refractivity contribution in [1.82, 2.24) is 0 Å². The SMILES string of the molecule is [O]c1ccc(C(=O)c2ccc(Cl)cc2Cl)cc1. The number of hydrogen-bond acceptors (Lipinski definition) is 1. The fraction of sp³-hybridized carbons (Fsp3) is 0. The lowest BCUT2D eigenvalue weighted by Crippen LogP contribution is -2.01. The zero-order valence-corrected chi connectivity index (χ0v) is 10.1. The first kappa shape index (κ1) is 12.0. The highest BCUT2D eigenvalue weighted by Gasteiger charge is 2.13. The molecule has 0 bridgehead atoms. The lowest BCUT2D eigenvalue weighted by molar-refractivity contribution is 0.103. The van der Waals surface area contributed by atoms with E-state index in [2.05, 4.69) is 0 Å². The second-order valence-corrected chi connectivity index (χ2v) is 4.32. The molecule has 0 heterocycles. The number of carbonyl (C=O) groups excluding carboxylic acids is 1. The van der Waals surface area contributed by atoms with Crippen molar-refractivity contribution in [3.05, 3.63) is 63.6 Å². The van der Waals surface area contributed by atoms with Crippen molar-refractivity contribution in [2.45, 2.75) is 0 Å². The molecule has 0 aliphatic rings. The summed E-state index contributed by atoms with van der Waals surface area (Å²) < 4.78 is 0. The molecule has 0 fully saturated rings. The van der Waals surface area contributed by atoms with Gasteiger partial charge in [-0.3, -0.25) is 9.90 Å². The summed E-state index contributed by atoms with van der Waals surface area (Å²) in [6.45, 7) is 0. The zero-order valence-electron chi connectivity index (χ0n) is 8.61. The minimum atomic E-state index is -0.230. The lowest BCUT2D eigenvalue weighted by atomic mass is 10.0. The summed E-state index contributed by atoms with van der Waals surface area (Å²) in [5.74, 6) is -0.365. The molecular weight excluding hydrogens is 259 g/mol. The van der Waals surface area contributed by atoms with E-state index in [0.717, 1.165) is 0 Å². The van der Waals surface area contributed by atoms with Gasteiger partial charge in [0.2, 0.25) is 0 Å². The van der Waals surface area contributed by atoms with Crippen molar-refractivity contribution in [1.29, 1.82) is 0 Å². The molecule has 0 saturated heterocycles. The molecule has 0 unspecified atom stereocenters. The second-order valence-electron chi connectivity index (χ2n) is 3.48. The topological polar surface area (TPSA) is 37.0 Å². The first-order valence-corrected chi connectivity index (χ1v) is 5.60. The number of carbonyl (C=O) groups is 1. The van der Waals surface area contributed by atoms with E-state index in [1.807, 2.05) is 0 Å². The molecule has 0 N–H and O–H groups in total. The van der Waals surface area contributed by atoms with Crippen LogP contribution in [0.15, 0.2) is 42.5 Å². The van der Waals surface area contributed by atoms with Crippen molar-refractivity contribution >= 4 is 29.0 Å². The van der Waals surface area contributed by atoms with Crippen LogP contribution in [0.4, 0.5) is 0 Å². The van der Waals surface area contributed by atoms with Crippen molar-refractivity contribution in [2.75, 3.05) is 0 Å². The van der Waals surface area contributed by atoms with E-state index in [1.54, 1.807) is 12.1 Å². The van der Waals surface area contributed by atoms with Gasteiger partial charge in [-0.15, -0.1) is 0 Å². The molecule has 4 heteroatoms. The largest absolute Gasteiger partial charge is 0.290 e. The summed E-state index contributed by atoms with van der Waals surface area (Å²) in [7, 11) is 0. The average Bonchev–Trinajstić information content (AvgIpc) is 2.29. The Kier molecular flexibility index (Phi) is 3.36. The fourth-order valence-electron chi connectivity index (χ4n) is 1.44. The molecule has 2 aromatic rings. The molecule has 2 rings (SSSR count). The van der Waals surface area contributed by atoms with Crippen LogP contribution < -0.4 is 0 Å². The summed E-state index contributed by atoms with van der Waals surface area (Å²) in [6.07, 6.45) is 0. The molecule has 0 aliphatic heterocycles. The lowest BCUT2D eigenvalue weighted by Gasteiger charge is -2.03. The molecule has 0 amide bonds. The molecule has 1 radical (unpaired) electrons. The maximum atomic E-state index is 12.1. The Morgan fingerprint density at radius 3 is 2.18 bits per heavy atom. The number of benzene rings is 2. The van der Waals surface area contributed by atoms with Crippen LogP contribution in [0.5, 0.6) is 5.75 Å². The summed E-state index contributed by atoms with van der Waals surface area (Å²) in [5, 5.41) is 11.7. The maximum absolute atomic E-state index is 12.1. The number of rotatable bonds is 2. The van der Waals surface area contributed by atoms with Crippen LogP contribution in [0.2, 0.25) is 10.0 Å². The van der Waals surface area contributed by atoms with Crippen molar-refractivity contribution in [3.8, 4) is 5.75 Å². The Morgan fingerprint density at radius 1 is 0.941 bits per heavy atom. The van der Waals surface area contributed by atoms with E-state index in [0.29, 0.717) is 21.2 Å². The second kappa shape index (κ2) is 4.78. The van der Waals surface area contributed by atoms with E-state index < -0.39 is 0 Å². The molecule has 0 atom stereocenters. The van der Waals surface area contributed by atoms with Gasteiger partial charge in [0.25, 0.3) is 0 Å². The van der Waals surface area contributed by atoms with Crippen LogP contribution in [0, 0.1) is 0 Å². The predicted octanol–water partition coefficient (Wildman–Crippen LogP) is 4.37. The Morgan fingerprint density at radius 2 is 1.59 bits per heavy atom. The van der Waals surface area contributed by atoms with E-state index >= 15 is 0 Å². The van der Waals surface area contributed by atoms with E-state index in [9.17, 15) is 9.90 Å². The van der Waals surface area contributed by atoms with Crippen LogP contribution >= 0.6 is 23.2 Å². The van der Waals surface area contributed by atoms with Gasteiger partial charge in [0.15, 0.2) is 11.5 Å². The number of ketones is 1. The zero-order chi connectivity index (χ0) is 12.4. The van der Waals surface area contributed by atoms with Gasteiger partial charge >= 0.3 is 0 Å². The van der Waals surface area contributed by atoms with Crippen LogP contribution in [0.25, 0.3) is 0 Å². The number of halogens is 2. The van der Waals surface area contributed by atoms with Crippen molar-refractivity contribution < 1.29 is 9.90 Å². The molecule has 0 saturated carbocycles. The van der Waals surface area contributed by atoms with E-state index in [1.165, 1.54) is 30.3 Å². The molecule has 0 aromatic heterocycles. The molecular formula is C13H7Cl2O2. The van der Waals surface area contributed by atoms with Crippen molar-refractivity contribution in [3.63, 3.8) is 0 Å².